The zero-order valence-corrected chi connectivity index (χ0v) is 35.3. The number of aliphatic hydroxyl groups is 3. The number of Topliss-reactive ketones (excluding diaryl/α,β-unsaturated/α-hetero) is 1. The maximum atomic E-state index is 12.9. The quantitative estimate of drug-likeness (QED) is 0.0194. The normalized spacial score (nSPS) is 21.0. The summed E-state index contributed by atoms with van der Waals surface area (Å²) in [6, 6.07) is -0.950. The van der Waals surface area contributed by atoms with Crippen LogP contribution in [0.4, 0.5) is 0 Å². The van der Waals surface area contributed by atoms with Crippen molar-refractivity contribution in [3.63, 3.8) is 0 Å². The van der Waals surface area contributed by atoms with Crippen molar-refractivity contribution in [2.24, 2.45) is 11.8 Å². The number of phosphoric acid groups is 1. The summed E-state index contributed by atoms with van der Waals surface area (Å²) in [4.78, 5) is 35.8. The molecule has 0 radical (unpaired) electrons. The third kappa shape index (κ3) is 25.5. The van der Waals surface area contributed by atoms with Crippen LogP contribution >= 0.6 is 7.82 Å². The summed E-state index contributed by atoms with van der Waals surface area (Å²) in [5.74, 6) is -0.793. The van der Waals surface area contributed by atoms with Gasteiger partial charge in [0.25, 0.3) is 0 Å². The van der Waals surface area contributed by atoms with E-state index in [1.807, 2.05) is 33.3 Å². The van der Waals surface area contributed by atoms with Gasteiger partial charge in [0.2, 0.25) is 5.91 Å². The monoisotopic (exact) mass is 786 g/mol. The van der Waals surface area contributed by atoms with Gasteiger partial charge in [0.1, 0.15) is 18.9 Å². The van der Waals surface area contributed by atoms with E-state index in [1.54, 1.807) is 12.2 Å². The Hall–Kier alpha value is -1.69. The molecule has 12 heteroatoms. The number of ketones is 1. The highest BCUT2D eigenvalue weighted by Crippen LogP contribution is 2.43. The largest absolute Gasteiger partial charge is 0.472 e. The van der Waals surface area contributed by atoms with Crippen molar-refractivity contribution in [1.82, 2.24) is 5.32 Å². The van der Waals surface area contributed by atoms with Crippen molar-refractivity contribution >= 4 is 19.5 Å². The Morgan fingerprint density at radius 1 is 0.870 bits per heavy atom. The molecule has 0 aromatic carbocycles. The van der Waals surface area contributed by atoms with Crippen LogP contribution in [-0.2, 0) is 23.2 Å². The zero-order chi connectivity index (χ0) is 40.2. The van der Waals surface area contributed by atoms with Gasteiger partial charge in [-0.15, -0.1) is 0 Å². The molecule has 0 saturated heterocycles. The number of quaternary nitrogens is 1. The Morgan fingerprint density at radius 2 is 1.50 bits per heavy atom. The second-order valence-corrected chi connectivity index (χ2v) is 17.6. The van der Waals surface area contributed by atoms with E-state index in [-0.39, 0.29) is 43.0 Å². The number of nitrogens with zero attached hydrogens (tertiary/aromatic N) is 1. The molecule has 1 aliphatic rings. The molecule has 1 aliphatic carbocycles. The topological polar surface area (TPSA) is 163 Å². The number of allylic oxidation sites excluding steroid dienone is 3. The number of likely N-dealkylation sites (N-methyl/N-ethyl adjacent to an activating group) is 1. The van der Waals surface area contributed by atoms with Crippen LogP contribution in [0.25, 0.3) is 0 Å². The van der Waals surface area contributed by atoms with Gasteiger partial charge in [-0.3, -0.25) is 18.6 Å². The van der Waals surface area contributed by atoms with Gasteiger partial charge in [-0.25, -0.2) is 4.57 Å². The molecule has 1 amide bonds. The SMILES string of the molecule is CCCCCCCC/C=C\CC/C=C/[C@@H](O)[C@H](COP(=O)(O)OCC[N+](C)(C)C)NC(=O)CCCCCC[C@H]1C(=O)C[C@@H](O)[C@@H]1/C=C/[C@@H](O)CCCCC. The molecule has 1 rings (SSSR count). The number of hydrogen-bond acceptors (Lipinski definition) is 8. The van der Waals surface area contributed by atoms with E-state index in [2.05, 4.69) is 31.3 Å². The molecule has 0 aromatic rings. The van der Waals surface area contributed by atoms with Crippen LogP contribution in [0.1, 0.15) is 142 Å². The minimum absolute atomic E-state index is 0.0121. The van der Waals surface area contributed by atoms with Gasteiger partial charge >= 0.3 is 7.82 Å². The lowest BCUT2D eigenvalue weighted by molar-refractivity contribution is -0.870. The van der Waals surface area contributed by atoms with Crippen LogP contribution in [0.5, 0.6) is 0 Å². The van der Waals surface area contributed by atoms with Gasteiger partial charge < -0.3 is 30.0 Å². The molecule has 1 unspecified atom stereocenters. The van der Waals surface area contributed by atoms with Gasteiger partial charge in [-0.1, -0.05) is 121 Å². The third-order valence-corrected chi connectivity index (χ3v) is 11.0. The molecule has 0 bridgehead atoms. The lowest BCUT2D eigenvalue weighted by Crippen LogP contribution is -2.45. The van der Waals surface area contributed by atoms with E-state index in [0.717, 1.165) is 51.4 Å². The Kier molecular flexibility index (Phi) is 27.5. The number of unbranched alkanes of at least 4 members (excludes halogenated alkanes) is 12. The number of hydrogen-bond donors (Lipinski definition) is 5. The van der Waals surface area contributed by atoms with E-state index in [9.17, 15) is 34.4 Å². The predicted molar refractivity (Wildman–Crippen MR) is 218 cm³/mol. The summed E-state index contributed by atoms with van der Waals surface area (Å²) in [6.07, 6.45) is 26.8. The molecule has 0 aliphatic heterocycles. The molecule has 7 atom stereocenters. The van der Waals surface area contributed by atoms with Gasteiger partial charge in [0.15, 0.2) is 0 Å². The summed E-state index contributed by atoms with van der Waals surface area (Å²) in [5.41, 5.74) is 0. The standard InChI is InChI=1S/C42H77N2O9P/c1-6-8-10-11-12-13-14-15-16-17-18-23-27-39(46)38(34-53-54(50,51)52-32-31-44(3,4)5)43-42(49)28-24-20-19-22-26-36-37(41(48)33-40(36)47)30-29-35(45)25-21-9-7-2/h15-16,23,27,29-30,35-39,41,45-46,48H,6-14,17-22,24-26,28,31-34H2,1-5H3,(H-,43,49,50,51)/p+1/b16-15-,27-23+,30-29+/t35-,36+,37+,38-,39+,41+/m0/s1. The number of aliphatic hydroxyl groups excluding tert-OH is 3. The fourth-order valence-electron chi connectivity index (χ4n) is 6.54. The van der Waals surface area contributed by atoms with Gasteiger partial charge in [-0.2, -0.15) is 0 Å². The summed E-state index contributed by atoms with van der Waals surface area (Å²) >= 11 is 0. The van der Waals surface area contributed by atoms with Crippen molar-refractivity contribution in [1.29, 1.82) is 0 Å². The molecule has 1 fully saturated rings. The number of nitrogens with one attached hydrogen (secondary N) is 1. The van der Waals surface area contributed by atoms with Crippen LogP contribution in [0.2, 0.25) is 0 Å². The average Bonchev–Trinajstić information content (AvgIpc) is 3.37. The van der Waals surface area contributed by atoms with Crippen molar-refractivity contribution in [2.45, 2.75) is 167 Å². The molecule has 0 heterocycles. The molecule has 1 saturated carbocycles. The van der Waals surface area contributed by atoms with Crippen molar-refractivity contribution in [3.05, 3.63) is 36.5 Å². The highest BCUT2D eigenvalue weighted by molar-refractivity contribution is 7.47. The number of amides is 1. The highest BCUT2D eigenvalue weighted by Gasteiger charge is 2.39. The van der Waals surface area contributed by atoms with E-state index < -0.39 is 38.8 Å². The highest BCUT2D eigenvalue weighted by atomic mass is 31.2. The second-order valence-electron chi connectivity index (χ2n) is 16.1. The molecule has 54 heavy (non-hydrogen) atoms. The lowest BCUT2D eigenvalue weighted by Gasteiger charge is -2.25. The first-order valence-electron chi connectivity index (χ1n) is 21.0. The average molecular weight is 786 g/mol. The van der Waals surface area contributed by atoms with Crippen LogP contribution in [-0.4, -0.2) is 102 Å². The van der Waals surface area contributed by atoms with E-state index in [4.69, 9.17) is 9.05 Å². The summed E-state index contributed by atoms with van der Waals surface area (Å²) < 4.78 is 23.4. The van der Waals surface area contributed by atoms with Gasteiger partial charge in [0.05, 0.1) is 52.1 Å². The number of phosphoric ester groups is 1. The van der Waals surface area contributed by atoms with Crippen LogP contribution < -0.4 is 5.32 Å². The third-order valence-electron chi connectivity index (χ3n) is 9.98. The number of carbonyl (C=O) groups excluding carboxylic acids is 2. The van der Waals surface area contributed by atoms with Gasteiger partial charge in [-0.05, 0) is 44.9 Å². The van der Waals surface area contributed by atoms with Crippen molar-refractivity contribution < 1.29 is 47.9 Å². The lowest BCUT2D eigenvalue weighted by atomic mass is 9.88. The number of carbonyl (C=O) groups is 2. The van der Waals surface area contributed by atoms with Crippen LogP contribution in [0, 0.1) is 11.8 Å². The predicted octanol–water partition coefficient (Wildman–Crippen LogP) is 7.72. The molecular weight excluding hydrogens is 707 g/mol. The summed E-state index contributed by atoms with van der Waals surface area (Å²) in [7, 11) is 1.40. The maximum Gasteiger partial charge on any atom is 0.472 e. The maximum absolute atomic E-state index is 12.9. The summed E-state index contributed by atoms with van der Waals surface area (Å²) in [5, 5.41) is 34.5. The smallest absolute Gasteiger partial charge is 0.392 e. The van der Waals surface area contributed by atoms with Gasteiger partial charge in [0, 0.05) is 24.7 Å². The van der Waals surface area contributed by atoms with E-state index in [0.29, 0.717) is 36.7 Å². The Labute approximate surface area is 327 Å². The first-order valence-corrected chi connectivity index (χ1v) is 22.5. The minimum atomic E-state index is -4.41. The molecule has 0 spiro atoms. The van der Waals surface area contributed by atoms with E-state index >= 15 is 0 Å². The van der Waals surface area contributed by atoms with Crippen molar-refractivity contribution in [3.8, 4) is 0 Å². The second kappa shape index (κ2) is 29.5. The Bertz CT molecular complexity index is 1140. The minimum Gasteiger partial charge on any atom is -0.392 e. The zero-order valence-electron chi connectivity index (χ0n) is 34.4. The molecule has 5 N–H and O–H groups in total. The Morgan fingerprint density at radius 3 is 2.22 bits per heavy atom. The fourth-order valence-corrected chi connectivity index (χ4v) is 7.27. The molecule has 314 valence electrons. The molecular formula is C42H78N2O9P+. The first-order chi connectivity index (χ1) is 25.7. The molecule has 0 aromatic heterocycles. The fraction of sp³-hybridized carbons (Fsp3) is 0.810. The van der Waals surface area contributed by atoms with Crippen molar-refractivity contribution in [2.75, 3.05) is 40.9 Å². The van der Waals surface area contributed by atoms with E-state index in [1.165, 1.54) is 38.5 Å². The van der Waals surface area contributed by atoms with Crippen LogP contribution in [0.15, 0.2) is 36.5 Å². The first kappa shape index (κ1) is 50.3. The molecule has 11 nitrogen and oxygen atoms in total. The van der Waals surface area contributed by atoms with Crippen LogP contribution in [0.3, 0.4) is 0 Å². The number of rotatable bonds is 33. The Balaban J connectivity index is 2.59. The summed E-state index contributed by atoms with van der Waals surface area (Å²) in [6.45, 7) is 4.44.